The van der Waals surface area contributed by atoms with Crippen LogP contribution in [0.2, 0.25) is 0 Å². The molecule has 2 saturated carbocycles. The Morgan fingerprint density at radius 2 is 1.90 bits per heavy atom. The lowest BCUT2D eigenvalue weighted by atomic mass is 9.96. The standard InChI is InChI=1S/C23H29N3O5/c1-14(15-4-9-18-19(12-15)31-11-3-10-30-18)26(17-7-8-17)20(27)13-25-21(28)23(2,16-5-6-16)24-22(25)29/h4,9,12,14,16-17H,3,5-8,10-11,13H2,1-2H3,(H,24,29). The van der Waals surface area contributed by atoms with Crippen LogP contribution in [0.5, 0.6) is 11.5 Å². The van der Waals surface area contributed by atoms with E-state index in [2.05, 4.69) is 5.32 Å². The van der Waals surface area contributed by atoms with Crippen LogP contribution in [0.15, 0.2) is 18.2 Å². The molecule has 166 valence electrons. The maximum atomic E-state index is 13.3. The number of benzene rings is 1. The van der Waals surface area contributed by atoms with Crippen LogP contribution in [-0.4, -0.2) is 59.0 Å². The number of rotatable bonds is 6. The molecule has 2 unspecified atom stereocenters. The van der Waals surface area contributed by atoms with Crippen molar-refractivity contribution in [1.82, 2.24) is 15.1 Å². The largest absolute Gasteiger partial charge is 0.490 e. The summed E-state index contributed by atoms with van der Waals surface area (Å²) in [5.74, 6) is 1.10. The predicted molar refractivity (Wildman–Crippen MR) is 112 cm³/mol. The number of carbonyl (C=O) groups is 3. The molecule has 31 heavy (non-hydrogen) atoms. The Morgan fingerprint density at radius 1 is 1.19 bits per heavy atom. The molecule has 2 atom stereocenters. The fourth-order valence-electron chi connectivity index (χ4n) is 4.70. The summed E-state index contributed by atoms with van der Waals surface area (Å²) >= 11 is 0. The quantitative estimate of drug-likeness (QED) is 0.705. The average molecular weight is 428 g/mol. The van der Waals surface area contributed by atoms with Gasteiger partial charge in [-0.1, -0.05) is 6.07 Å². The minimum absolute atomic E-state index is 0.133. The first-order valence-electron chi connectivity index (χ1n) is 11.2. The van der Waals surface area contributed by atoms with E-state index in [4.69, 9.17) is 9.47 Å². The van der Waals surface area contributed by atoms with Gasteiger partial charge >= 0.3 is 6.03 Å². The van der Waals surface area contributed by atoms with E-state index in [0.29, 0.717) is 19.0 Å². The van der Waals surface area contributed by atoms with Crippen LogP contribution in [-0.2, 0) is 9.59 Å². The van der Waals surface area contributed by atoms with Crippen molar-refractivity contribution >= 4 is 17.8 Å². The first-order valence-corrected chi connectivity index (χ1v) is 11.2. The normalized spacial score (nSPS) is 26.3. The molecule has 8 heteroatoms. The van der Waals surface area contributed by atoms with Gasteiger partial charge in [0.25, 0.3) is 5.91 Å². The number of hydrogen-bond donors (Lipinski definition) is 1. The molecule has 2 aliphatic heterocycles. The summed E-state index contributed by atoms with van der Waals surface area (Å²) in [5.41, 5.74) is 0.0753. The zero-order valence-corrected chi connectivity index (χ0v) is 18.1. The van der Waals surface area contributed by atoms with Gasteiger partial charge in [0.05, 0.1) is 19.3 Å². The molecule has 0 radical (unpaired) electrons. The Labute approximate surface area is 181 Å². The molecule has 2 heterocycles. The number of nitrogens with zero attached hydrogens (tertiary/aromatic N) is 2. The Kier molecular flexibility index (Phi) is 4.83. The topological polar surface area (TPSA) is 88.2 Å². The van der Waals surface area contributed by atoms with Crippen LogP contribution in [0, 0.1) is 5.92 Å². The highest BCUT2D eigenvalue weighted by Gasteiger charge is 2.56. The van der Waals surface area contributed by atoms with Gasteiger partial charge in [0.15, 0.2) is 11.5 Å². The van der Waals surface area contributed by atoms with Gasteiger partial charge in [0.2, 0.25) is 5.91 Å². The molecule has 3 fully saturated rings. The number of imide groups is 1. The van der Waals surface area contributed by atoms with E-state index in [-0.39, 0.29) is 36.4 Å². The van der Waals surface area contributed by atoms with Gasteiger partial charge in [-0.2, -0.15) is 0 Å². The highest BCUT2D eigenvalue weighted by Crippen LogP contribution is 2.43. The van der Waals surface area contributed by atoms with Crippen LogP contribution in [0.25, 0.3) is 0 Å². The van der Waals surface area contributed by atoms with E-state index in [0.717, 1.165) is 48.3 Å². The van der Waals surface area contributed by atoms with Crippen molar-refractivity contribution in [2.75, 3.05) is 19.8 Å². The van der Waals surface area contributed by atoms with Gasteiger partial charge < -0.3 is 19.7 Å². The minimum atomic E-state index is -0.873. The van der Waals surface area contributed by atoms with Gasteiger partial charge in [-0.15, -0.1) is 0 Å². The highest BCUT2D eigenvalue weighted by molar-refractivity contribution is 6.09. The maximum Gasteiger partial charge on any atom is 0.325 e. The number of carbonyl (C=O) groups excluding carboxylic acids is 3. The van der Waals surface area contributed by atoms with E-state index in [1.54, 1.807) is 6.92 Å². The molecule has 4 aliphatic rings. The summed E-state index contributed by atoms with van der Waals surface area (Å²) in [4.78, 5) is 41.7. The zero-order valence-electron chi connectivity index (χ0n) is 18.1. The molecule has 1 aromatic rings. The lowest BCUT2D eigenvalue weighted by molar-refractivity contribution is -0.140. The van der Waals surface area contributed by atoms with E-state index in [1.165, 1.54) is 0 Å². The number of fused-ring (bicyclic) bond motifs is 1. The van der Waals surface area contributed by atoms with Gasteiger partial charge in [-0.3, -0.25) is 14.5 Å². The third kappa shape index (κ3) is 3.62. The molecule has 1 aromatic carbocycles. The fourth-order valence-corrected chi connectivity index (χ4v) is 4.70. The molecule has 2 aliphatic carbocycles. The van der Waals surface area contributed by atoms with E-state index in [9.17, 15) is 14.4 Å². The van der Waals surface area contributed by atoms with Crippen LogP contribution >= 0.6 is 0 Å². The van der Waals surface area contributed by atoms with E-state index < -0.39 is 11.6 Å². The van der Waals surface area contributed by atoms with Crippen LogP contribution < -0.4 is 14.8 Å². The van der Waals surface area contributed by atoms with Crippen molar-refractivity contribution in [1.29, 1.82) is 0 Å². The van der Waals surface area contributed by atoms with Crippen LogP contribution in [0.4, 0.5) is 4.79 Å². The molecule has 0 aromatic heterocycles. The SMILES string of the molecule is CC(c1ccc2c(c1)OCCCO2)N(C(=O)CN1C(=O)NC(C)(C2CC2)C1=O)C1CC1. The van der Waals surface area contributed by atoms with Crippen molar-refractivity contribution in [3.05, 3.63) is 23.8 Å². The fraction of sp³-hybridized carbons (Fsp3) is 0.609. The molecule has 8 nitrogen and oxygen atoms in total. The second-order valence-corrected chi connectivity index (χ2v) is 9.26. The Bertz CT molecular complexity index is 926. The first-order chi connectivity index (χ1) is 14.9. The Morgan fingerprint density at radius 3 is 2.58 bits per heavy atom. The summed E-state index contributed by atoms with van der Waals surface area (Å²) < 4.78 is 11.5. The monoisotopic (exact) mass is 427 g/mol. The van der Waals surface area contributed by atoms with Crippen LogP contribution in [0.3, 0.4) is 0 Å². The predicted octanol–water partition coefficient (Wildman–Crippen LogP) is 2.62. The summed E-state index contributed by atoms with van der Waals surface area (Å²) in [5, 5.41) is 2.82. The average Bonchev–Trinajstić information content (AvgIpc) is 3.64. The lowest BCUT2D eigenvalue weighted by Gasteiger charge is -2.31. The molecule has 0 bridgehead atoms. The van der Waals surface area contributed by atoms with E-state index in [1.807, 2.05) is 30.0 Å². The molecule has 4 amide bonds. The minimum Gasteiger partial charge on any atom is -0.490 e. The third-order valence-electron chi connectivity index (χ3n) is 6.89. The number of ether oxygens (including phenoxy) is 2. The Balaban J connectivity index is 1.34. The number of amides is 4. The maximum absolute atomic E-state index is 13.3. The van der Waals surface area contributed by atoms with Gasteiger partial charge in [0, 0.05) is 12.5 Å². The number of nitrogens with one attached hydrogen (secondary N) is 1. The summed E-state index contributed by atoms with van der Waals surface area (Å²) in [6.45, 7) is 4.75. The second-order valence-electron chi connectivity index (χ2n) is 9.26. The highest BCUT2D eigenvalue weighted by atomic mass is 16.5. The lowest BCUT2D eigenvalue weighted by Crippen LogP contribution is -2.48. The van der Waals surface area contributed by atoms with Crippen molar-refractivity contribution in [2.45, 2.75) is 63.6 Å². The number of urea groups is 1. The zero-order chi connectivity index (χ0) is 21.8. The van der Waals surface area contributed by atoms with Gasteiger partial charge in [0.1, 0.15) is 12.1 Å². The molecular weight excluding hydrogens is 398 g/mol. The molecule has 5 rings (SSSR count). The molecule has 1 saturated heterocycles. The van der Waals surface area contributed by atoms with Crippen molar-refractivity contribution in [3.63, 3.8) is 0 Å². The van der Waals surface area contributed by atoms with Crippen molar-refractivity contribution < 1.29 is 23.9 Å². The summed E-state index contributed by atoms with van der Waals surface area (Å²) in [6.07, 6.45) is 4.55. The van der Waals surface area contributed by atoms with Crippen molar-refractivity contribution in [2.24, 2.45) is 5.92 Å². The first kappa shape index (κ1) is 20.2. The Hall–Kier alpha value is -2.77. The van der Waals surface area contributed by atoms with Gasteiger partial charge in [-0.25, -0.2) is 4.79 Å². The summed E-state index contributed by atoms with van der Waals surface area (Å²) in [7, 11) is 0. The smallest absolute Gasteiger partial charge is 0.325 e. The molecule has 0 spiro atoms. The van der Waals surface area contributed by atoms with E-state index >= 15 is 0 Å². The van der Waals surface area contributed by atoms with Gasteiger partial charge in [-0.05, 0) is 63.1 Å². The van der Waals surface area contributed by atoms with Crippen molar-refractivity contribution in [3.8, 4) is 11.5 Å². The number of hydrogen-bond acceptors (Lipinski definition) is 5. The third-order valence-corrected chi connectivity index (χ3v) is 6.89. The molecular formula is C23H29N3O5. The second kappa shape index (κ2) is 7.43. The van der Waals surface area contributed by atoms with Crippen LogP contribution in [0.1, 0.15) is 57.6 Å². The molecule has 1 N–H and O–H groups in total. The summed E-state index contributed by atoms with van der Waals surface area (Å²) in [6, 6.07) is 5.25.